The van der Waals surface area contributed by atoms with E-state index >= 15 is 0 Å². The van der Waals surface area contributed by atoms with E-state index in [-0.39, 0.29) is 5.75 Å². The molecule has 180 valence electrons. The summed E-state index contributed by atoms with van der Waals surface area (Å²) in [6.07, 6.45) is 6.20. The molecule has 0 heterocycles. The molecule has 0 spiro atoms. The monoisotopic (exact) mass is 470 g/mol. The first-order chi connectivity index (χ1) is 15.9. The molecule has 0 saturated heterocycles. The Morgan fingerprint density at radius 1 is 0.971 bits per heavy atom. The number of benzene rings is 2. The van der Waals surface area contributed by atoms with Crippen LogP contribution in [0.3, 0.4) is 0 Å². The van der Waals surface area contributed by atoms with Crippen LogP contribution in [0.2, 0.25) is 0 Å². The highest BCUT2D eigenvalue weighted by Gasteiger charge is 2.30. The minimum atomic E-state index is -4.50. The highest BCUT2D eigenvalue weighted by molar-refractivity contribution is 5.85. The van der Waals surface area contributed by atoms with Gasteiger partial charge in [0.1, 0.15) is 11.5 Å². The summed E-state index contributed by atoms with van der Waals surface area (Å²) in [5.74, 6) is -0.0350. The maximum Gasteiger partial charge on any atom is 0.416 e. The van der Waals surface area contributed by atoms with Gasteiger partial charge in [-0.15, -0.1) is 0 Å². The van der Waals surface area contributed by atoms with Crippen LogP contribution in [0.5, 0.6) is 11.5 Å². The number of hydrogen-bond acceptors (Lipinski definition) is 3. The molecule has 0 fully saturated rings. The number of esters is 1. The van der Waals surface area contributed by atoms with Crippen molar-refractivity contribution < 1.29 is 27.4 Å². The first kappa shape index (κ1) is 26.7. The predicted octanol–water partition coefficient (Wildman–Crippen LogP) is 7.71. The van der Waals surface area contributed by atoms with Gasteiger partial charge in [0.25, 0.3) is 0 Å². The van der Waals surface area contributed by atoms with E-state index in [9.17, 15) is 18.0 Å². The Labute approximate surface area is 198 Å². The quantitative estimate of drug-likeness (QED) is 0.180. The Hall–Kier alpha value is -3.54. The van der Waals surface area contributed by atoms with Crippen LogP contribution in [-0.2, 0) is 11.0 Å². The third-order valence-corrected chi connectivity index (χ3v) is 5.28. The van der Waals surface area contributed by atoms with Crippen molar-refractivity contribution in [1.82, 2.24) is 0 Å². The van der Waals surface area contributed by atoms with Gasteiger partial charge in [0.05, 0.1) is 12.7 Å². The fourth-order valence-corrected chi connectivity index (χ4v) is 3.27. The van der Waals surface area contributed by atoms with E-state index in [4.69, 9.17) is 9.47 Å². The number of rotatable bonds is 7. The average molecular weight is 471 g/mol. The van der Waals surface area contributed by atoms with Crippen LogP contribution in [0, 0.1) is 20.8 Å². The van der Waals surface area contributed by atoms with Crippen LogP contribution in [0.25, 0.3) is 6.08 Å². The second-order valence-corrected chi connectivity index (χ2v) is 8.00. The summed E-state index contributed by atoms with van der Waals surface area (Å²) >= 11 is 0. The van der Waals surface area contributed by atoms with Gasteiger partial charge in [-0.2, -0.15) is 13.2 Å². The molecule has 0 atom stereocenters. The lowest BCUT2D eigenvalue weighted by molar-refractivity contribution is -0.138. The van der Waals surface area contributed by atoms with E-state index < -0.39 is 17.7 Å². The van der Waals surface area contributed by atoms with Crippen LogP contribution in [0.1, 0.15) is 41.7 Å². The standard InChI is InChI=1S/C28H29F3O3/c1-18(13-14-25-20(3)16-26(33-6)22(5)21(25)4)9-7-10-19(2)15-27(32)34-24-12-8-11-23(17-24)28(29,30)31/h7-17H,1-6H3/b10-7+,14-13+,18-9+,19-15+. The minimum absolute atomic E-state index is 0.159. The molecular formula is C28H29F3O3. The maximum absolute atomic E-state index is 12.8. The van der Waals surface area contributed by atoms with E-state index in [1.807, 2.05) is 39.0 Å². The second-order valence-electron chi connectivity index (χ2n) is 8.00. The Balaban J connectivity index is 2.04. The molecule has 0 aliphatic rings. The summed E-state index contributed by atoms with van der Waals surface area (Å²) in [6, 6.07) is 6.23. The van der Waals surface area contributed by atoms with E-state index in [1.165, 1.54) is 18.2 Å². The number of halogens is 3. The van der Waals surface area contributed by atoms with Gasteiger partial charge in [0.15, 0.2) is 0 Å². The molecule has 0 amide bonds. The largest absolute Gasteiger partial charge is 0.496 e. The molecule has 0 bridgehead atoms. The predicted molar refractivity (Wildman–Crippen MR) is 130 cm³/mol. The molecule has 2 rings (SSSR count). The average Bonchev–Trinajstić information content (AvgIpc) is 2.75. The number of methoxy groups -OCH3 is 1. The van der Waals surface area contributed by atoms with Gasteiger partial charge in [-0.3, -0.25) is 0 Å². The van der Waals surface area contributed by atoms with Crippen molar-refractivity contribution >= 4 is 12.0 Å². The van der Waals surface area contributed by atoms with Crippen molar-refractivity contribution in [3.63, 3.8) is 0 Å². The highest BCUT2D eigenvalue weighted by atomic mass is 19.4. The fourth-order valence-electron chi connectivity index (χ4n) is 3.27. The lowest BCUT2D eigenvalue weighted by atomic mass is 9.96. The fraction of sp³-hybridized carbons (Fsp3) is 0.250. The zero-order valence-electron chi connectivity index (χ0n) is 20.2. The van der Waals surface area contributed by atoms with Crippen LogP contribution in [0.4, 0.5) is 13.2 Å². The zero-order chi connectivity index (χ0) is 25.5. The SMILES string of the molecule is COc1cc(C)c(/C=C/C(C)=C/C=C/C(C)=C/C(=O)Oc2cccc(C(F)(F)F)c2)c(C)c1C. The molecular weight excluding hydrogens is 441 g/mol. The smallest absolute Gasteiger partial charge is 0.416 e. The molecule has 0 aromatic heterocycles. The molecule has 34 heavy (non-hydrogen) atoms. The van der Waals surface area contributed by atoms with Crippen molar-refractivity contribution in [2.45, 2.75) is 40.8 Å². The summed E-state index contributed by atoms with van der Waals surface area (Å²) in [4.78, 5) is 12.0. The van der Waals surface area contributed by atoms with Crippen LogP contribution < -0.4 is 9.47 Å². The summed E-state index contributed by atoms with van der Waals surface area (Å²) < 4.78 is 48.8. The molecule has 2 aromatic rings. The molecule has 0 saturated carbocycles. The highest BCUT2D eigenvalue weighted by Crippen LogP contribution is 2.31. The zero-order valence-corrected chi connectivity index (χ0v) is 20.2. The van der Waals surface area contributed by atoms with Crippen LogP contribution >= 0.6 is 0 Å². The van der Waals surface area contributed by atoms with Gasteiger partial charge in [-0.25, -0.2) is 4.79 Å². The number of hydrogen-bond donors (Lipinski definition) is 0. The first-order valence-electron chi connectivity index (χ1n) is 10.7. The lowest BCUT2D eigenvalue weighted by Crippen LogP contribution is -2.08. The summed E-state index contributed by atoms with van der Waals surface area (Å²) in [6.45, 7) is 9.80. The number of alkyl halides is 3. The molecule has 0 aliphatic heterocycles. The normalized spacial score (nSPS) is 13.1. The molecule has 0 aliphatic carbocycles. The van der Waals surface area contributed by atoms with Crippen molar-refractivity contribution in [3.05, 3.63) is 99.7 Å². The van der Waals surface area contributed by atoms with Crippen molar-refractivity contribution in [2.75, 3.05) is 7.11 Å². The van der Waals surface area contributed by atoms with Gasteiger partial charge in [0, 0.05) is 6.08 Å². The summed E-state index contributed by atoms with van der Waals surface area (Å²) in [5, 5.41) is 0. The Morgan fingerprint density at radius 2 is 1.68 bits per heavy atom. The Morgan fingerprint density at radius 3 is 2.32 bits per heavy atom. The van der Waals surface area contributed by atoms with Crippen LogP contribution in [-0.4, -0.2) is 13.1 Å². The van der Waals surface area contributed by atoms with Gasteiger partial charge in [-0.05, 0) is 86.7 Å². The van der Waals surface area contributed by atoms with E-state index in [1.54, 1.807) is 26.2 Å². The van der Waals surface area contributed by atoms with Gasteiger partial charge in [-0.1, -0.05) is 42.0 Å². The van der Waals surface area contributed by atoms with Crippen molar-refractivity contribution in [2.24, 2.45) is 0 Å². The van der Waals surface area contributed by atoms with E-state index in [0.29, 0.717) is 5.57 Å². The maximum atomic E-state index is 12.8. The minimum Gasteiger partial charge on any atom is -0.496 e. The molecule has 0 N–H and O–H groups in total. The Bertz CT molecular complexity index is 1170. The molecule has 3 nitrogen and oxygen atoms in total. The van der Waals surface area contributed by atoms with Crippen molar-refractivity contribution in [1.29, 1.82) is 0 Å². The third-order valence-electron chi connectivity index (χ3n) is 5.28. The number of allylic oxidation sites excluding steroid dienone is 6. The molecule has 6 heteroatoms. The Kier molecular flexibility index (Phi) is 9.07. The lowest BCUT2D eigenvalue weighted by Gasteiger charge is -2.13. The molecule has 2 aromatic carbocycles. The topological polar surface area (TPSA) is 35.5 Å². The van der Waals surface area contributed by atoms with Gasteiger partial charge < -0.3 is 9.47 Å². The molecule has 0 unspecified atom stereocenters. The number of carbonyl (C=O) groups excluding carboxylic acids is 1. The van der Waals surface area contributed by atoms with E-state index in [0.717, 1.165) is 45.7 Å². The first-order valence-corrected chi connectivity index (χ1v) is 10.7. The number of aryl methyl sites for hydroxylation is 1. The van der Waals surface area contributed by atoms with Gasteiger partial charge >= 0.3 is 12.1 Å². The number of carbonyl (C=O) groups is 1. The second kappa shape index (κ2) is 11.5. The number of ether oxygens (including phenoxy) is 2. The van der Waals surface area contributed by atoms with Gasteiger partial charge in [0.2, 0.25) is 0 Å². The third kappa shape index (κ3) is 7.51. The van der Waals surface area contributed by atoms with E-state index in [2.05, 4.69) is 13.0 Å². The summed E-state index contributed by atoms with van der Waals surface area (Å²) in [5.41, 5.74) is 5.26. The summed E-state index contributed by atoms with van der Waals surface area (Å²) in [7, 11) is 1.66. The van der Waals surface area contributed by atoms with Crippen LogP contribution in [0.15, 0.2) is 71.9 Å². The molecule has 0 radical (unpaired) electrons. The van der Waals surface area contributed by atoms with Crippen molar-refractivity contribution in [3.8, 4) is 11.5 Å².